The number of aryl methyl sites for hydroxylation is 1. The molecule has 90 valence electrons. The van der Waals surface area contributed by atoms with E-state index in [1.54, 1.807) is 18.3 Å². The average Bonchev–Trinajstić information content (AvgIpc) is 2.45. The maximum atomic E-state index is 11.7. The topological polar surface area (TPSA) is 29.4 Å². The van der Waals surface area contributed by atoms with E-state index in [9.17, 15) is 4.79 Å². The van der Waals surface area contributed by atoms with Gasteiger partial charge in [0.2, 0.25) is 0 Å². The highest BCUT2D eigenvalue weighted by atomic mass is 16.1. The largest absolute Gasteiger partial charge is 0.276 e. The SMILES string of the molecule is O=C(N=CCCc1ccccc1)c1ccccc1. The Morgan fingerprint density at radius 1 is 0.944 bits per heavy atom. The third-order valence-corrected chi connectivity index (χ3v) is 2.63. The van der Waals surface area contributed by atoms with Crippen molar-refractivity contribution in [1.29, 1.82) is 0 Å². The zero-order valence-electron chi connectivity index (χ0n) is 10.1. The van der Waals surface area contributed by atoms with Crippen molar-refractivity contribution in [2.75, 3.05) is 0 Å². The van der Waals surface area contributed by atoms with Crippen LogP contribution in [0.5, 0.6) is 0 Å². The van der Waals surface area contributed by atoms with Gasteiger partial charge in [-0.1, -0.05) is 48.5 Å². The molecule has 0 heterocycles. The van der Waals surface area contributed by atoms with Gasteiger partial charge in [0.1, 0.15) is 0 Å². The Hall–Kier alpha value is -2.22. The fourth-order valence-electron chi connectivity index (χ4n) is 1.68. The molecule has 0 aromatic heterocycles. The molecule has 0 N–H and O–H groups in total. The molecule has 0 fully saturated rings. The number of hydrogen-bond acceptors (Lipinski definition) is 1. The van der Waals surface area contributed by atoms with Crippen molar-refractivity contribution in [3.63, 3.8) is 0 Å². The minimum absolute atomic E-state index is 0.177. The van der Waals surface area contributed by atoms with Crippen molar-refractivity contribution >= 4 is 12.1 Å². The second-order valence-corrected chi connectivity index (χ2v) is 4.01. The first kappa shape index (κ1) is 12.2. The van der Waals surface area contributed by atoms with Crippen molar-refractivity contribution < 1.29 is 4.79 Å². The highest BCUT2D eigenvalue weighted by Gasteiger charge is 1.99. The number of benzene rings is 2. The van der Waals surface area contributed by atoms with E-state index in [4.69, 9.17) is 0 Å². The van der Waals surface area contributed by atoms with Crippen LogP contribution < -0.4 is 0 Å². The van der Waals surface area contributed by atoms with Gasteiger partial charge in [-0.3, -0.25) is 4.79 Å². The van der Waals surface area contributed by atoms with Crippen LogP contribution in [0.4, 0.5) is 0 Å². The Balaban J connectivity index is 1.84. The lowest BCUT2D eigenvalue weighted by atomic mass is 10.1. The van der Waals surface area contributed by atoms with Gasteiger partial charge in [0, 0.05) is 11.8 Å². The summed E-state index contributed by atoms with van der Waals surface area (Å²) >= 11 is 0. The first-order chi connectivity index (χ1) is 8.86. The van der Waals surface area contributed by atoms with Crippen LogP contribution in [0.1, 0.15) is 22.3 Å². The molecule has 2 rings (SSSR count). The number of carbonyl (C=O) groups excluding carboxylic acids is 1. The van der Waals surface area contributed by atoms with E-state index in [0.29, 0.717) is 5.56 Å². The number of nitrogens with zero attached hydrogens (tertiary/aromatic N) is 1. The van der Waals surface area contributed by atoms with E-state index in [2.05, 4.69) is 17.1 Å². The van der Waals surface area contributed by atoms with Crippen molar-refractivity contribution in [3.8, 4) is 0 Å². The molecule has 0 aliphatic heterocycles. The molecule has 1 amide bonds. The van der Waals surface area contributed by atoms with Gasteiger partial charge in [0.15, 0.2) is 0 Å². The summed E-state index contributed by atoms with van der Waals surface area (Å²) < 4.78 is 0. The van der Waals surface area contributed by atoms with Crippen LogP contribution in [0.2, 0.25) is 0 Å². The molecule has 0 aliphatic carbocycles. The van der Waals surface area contributed by atoms with Gasteiger partial charge in [-0.2, -0.15) is 0 Å². The van der Waals surface area contributed by atoms with E-state index in [1.165, 1.54) is 5.56 Å². The predicted octanol–water partition coefficient (Wildman–Crippen LogP) is 3.53. The van der Waals surface area contributed by atoms with Crippen LogP contribution in [-0.2, 0) is 6.42 Å². The number of carbonyl (C=O) groups is 1. The molecule has 0 radical (unpaired) electrons. The summed E-state index contributed by atoms with van der Waals surface area (Å²) in [5.74, 6) is -0.177. The van der Waals surface area contributed by atoms with Crippen molar-refractivity contribution in [2.45, 2.75) is 12.8 Å². The first-order valence-electron chi connectivity index (χ1n) is 6.02. The molecule has 2 nitrogen and oxygen atoms in total. The molecule has 0 spiro atoms. The molecule has 2 aromatic rings. The minimum atomic E-state index is -0.177. The summed E-state index contributed by atoms with van der Waals surface area (Å²) in [4.78, 5) is 15.6. The van der Waals surface area contributed by atoms with Crippen LogP contribution in [0.15, 0.2) is 65.7 Å². The molecule has 18 heavy (non-hydrogen) atoms. The summed E-state index contributed by atoms with van der Waals surface area (Å²) in [5, 5.41) is 0. The third-order valence-electron chi connectivity index (χ3n) is 2.63. The molecular weight excluding hydrogens is 222 g/mol. The Labute approximate surface area is 107 Å². The van der Waals surface area contributed by atoms with E-state index >= 15 is 0 Å². The fraction of sp³-hybridized carbons (Fsp3) is 0.125. The van der Waals surface area contributed by atoms with E-state index in [0.717, 1.165) is 12.8 Å². The second-order valence-electron chi connectivity index (χ2n) is 4.01. The third kappa shape index (κ3) is 3.67. The van der Waals surface area contributed by atoms with Gasteiger partial charge in [-0.05, 0) is 30.5 Å². The van der Waals surface area contributed by atoms with Crippen molar-refractivity contribution in [3.05, 3.63) is 71.8 Å². The zero-order valence-corrected chi connectivity index (χ0v) is 10.1. The van der Waals surface area contributed by atoms with Gasteiger partial charge >= 0.3 is 0 Å². The van der Waals surface area contributed by atoms with Gasteiger partial charge in [-0.25, -0.2) is 4.99 Å². The van der Waals surface area contributed by atoms with Gasteiger partial charge in [0.05, 0.1) is 0 Å². The van der Waals surface area contributed by atoms with Crippen LogP contribution in [0.3, 0.4) is 0 Å². The molecule has 0 bridgehead atoms. The van der Waals surface area contributed by atoms with Crippen LogP contribution in [0, 0.1) is 0 Å². The van der Waals surface area contributed by atoms with Crippen LogP contribution in [0.25, 0.3) is 0 Å². The lowest BCUT2D eigenvalue weighted by Crippen LogP contribution is -1.95. The zero-order chi connectivity index (χ0) is 12.6. The lowest BCUT2D eigenvalue weighted by Gasteiger charge is -1.96. The quantitative estimate of drug-likeness (QED) is 0.748. The monoisotopic (exact) mass is 237 g/mol. The van der Waals surface area contributed by atoms with Crippen LogP contribution in [-0.4, -0.2) is 12.1 Å². The number of aliphatic imine (C=N–C) groups is 1. The van der Waals surface area contributed by atoms with E-state index in [-0.39, 0.29) is 5.91 Å². The molecule has 0 atom stereocenters. The van der Waals surface area contributed by atoms with Gasteiger partial charge in [-0.15, -0.1) is 0 Å². The number of rotatable bonds is 4. The Kier molecular flexibility index (Phi) is 4.42. The normalized spacial score (nSPS) is 10.7. The molecule has 0 saturated carbocycles. The number of hydrogen-bond donors (Lipinski definition) is 0. The van der Waals surface area contributed by atoms with E-state index < -0.39 is 0 Å². The summed E-state index contributed by atoms with van der Waals surface area (Å²) in [7, 11) is 0. The molecular formula is C16H15NO. The molecule has 2 heteroatoms. The van der Waals surface area contributed by atoms with Crippen molar-refractivity contribution in [1.82, 2.24) is 0 Å². The predicted molar refractivity (Wildman–Crippen MR) is 74.0 cm³/mol. The molecule has 2 aromatic carbocycles. The Morgan fingerprint density at radius 3 is 2.22 bits per heavy atom. The maximum absolute atomic E-state index is 11.7. The molecule has 0 aliphatic rings. The summed E-state index contributed by atoms with van der Waals surface area (Å²) in [5.41, 5.74) is 1.89. The number of amides is 1. The minimum Gasteiger partial charge on any atom is -0.267 e. The van der Waals surface area contributed by atoms with Crippen LogP contribution >= 0.6 is 0 Å². The molecule has 0 saturated heterocycles. The highest BCUT2D eigenvalue weighted by Crippen LogP contribution is 2.02. The summed E-state index contributed by atoms with van der Waals surface area (Å²) in [6, 6.07) is 19.3. The first-order valence-corrected chi connectivity index (χ1v) is 6.02. The molecule has 0 unspecified atom stereocenters. The standard InChI is InChI=1S/C16H15NO/c18-16(15-11-5-2-6-12-15)17-13-7-10-14-8-3-1-4-9-14/h1-6,8-9,11-13H,7,10H2. The van der Waals surface area contributed by atoms with E-state index in [1.807, 2.05) is 36.4 Å². The van der Waals surface area contributed by atoms with Crippen molar-refractivity contribution in [2.24, 2.45) is 4.99 Å². The second kappa shape index (κ2) is 6.50. The smallest absolute Gasteiger partial charge is 0.267 e. The Bertz CT molecular complexity index is 517. The summed E-state index contributed by atoms with van der Waals surface area (Å²) in [6.07, 6.45) is 3.39. The summed E-state index contributed by atoms with van der Waals surface area (Å²) in [6.45, 7) is 0. The Morgan fingerprint density at radius 2 is 1.56 bits per heavy atom. The average molecular weight is 237 g/mol. The maximum Gasteiger partial charge on any atom is 0.276 e. The lowest BCUT2D eigenvalue weighted by molar-refractivity contribution is 0.100. The van der Waals surface area contributed by atoms with Gasteiger partial charge in [0.25, 0.3) is 5.91 Å². The fourth-order valence-corrected chi connectivity index (χ4v) is 1.68. The highest BCUT2D eigenvalue weighted by molar-refractivity contribution is 5.98. The van der Waals surface area contributed by atoms with Gasteiger partial charge < -0.3 is 0 Å².